The van der Waals surface area contributed by atoms with Gasteiger partial charge in [0, 0.05) is 13.0 Å². The molecule has 0 bridgehead atoms. The van der Waals surface area contributed by atoms with Crippen LogP contribution in [0.25, 0.3) is 0 Å². The Bertz CT molecular complexity index is 442. The number of nitrogens with two attached hydrogens (primary N) is 1. The van der Waals surface area contributed by atoms with Gasteiger partial charge in [-0.05, 0) is 30.4 Å². The third kappa shape index (κ3) is 5.43. The Morgan fingerprint density at radius 3 is 2.59 bits per heavy atom. The lowest BCUT2D eigenvalue weighted by Gasteiger charge is -2.35. The van der Waals surface area contributed by atoms with Gasteiger partial charge in [0.1, 0.15) is 0 Å². The van der Waals surface area contributed by atoms with E-state index in [9.17, 15) is 4.79 Å². The van der Waals surface area contributed by atoms with Crippen molar-refractivity contribution < 1.29 is 9.53 Å². The van der Waals surface area contributed by atoms with E-state index < -0.39 is 0 Å². The summed E-state index contributed by atoms with van der Waals surface area (Å²) in [7, 11) is 0. The van der Waals surface area contributed by atoms with Crippen LogP contribution >= 0.6 is 0 Å². The summed E-state index contributed by atoms with van der Waals surface area (Å²) in [6.45, 7) is 2.30. The summed E-state index contributed by atoms with van der Waals surface area (Å²) < 4.78 is 5.57. The number of rotatable bonds is 8. The molecule has 2 rings (SSSR count). The molecule has 1 saturated carbocycles. The normalized spacial score (nSPS) is 17.1. The van der Waals surface area contributed by atoms with Crippen LogP contribution in [0.3, 0.4) is 0 Å². The number of hydrogen-bond acceptors (Lipinski definition) is 3. The van der Waals surface area contributed by atoms with Crippen LogP contribution in [0, 0.1) is 5.41 Å². The van der Waals surface area contributed by atoms with Crippen molar-refractivity contribution in [2.24, 2.45) is 11.1 Å². The first-order valence-electron chi connectivity index (χ1n) is 8.33. The van der Waals surface area contributed by atoms with Crippen LogP contribution in [0.1, 0.15) is 44.1 Å². The molecule has 1 aliphatic rings. The summed E-state index contributed by atoms with van der Waals surface area (Å²) in [6.07, 6.45) is 6.40. The van der Waals surface area contributed by atoms with Crippen LogP contribution in [-0.4, -0.2) is 25.6 Å². The van der Waals surface area contributed by atoms with E-state index >= 15 is 0 Å². The van der Waals surface area contributed by atoms with Crippen molar-refractivity contribution in [3.05, 3.63) is 35.9 Å². The standard InChI is InChI=1S/C18H28N2O2/c19-15-18(9-5-2-6-10-18)13-17(21)20-11-12-22-14-16-7-3-1-4-8-16/h1,3-4,7-8H,2,5-6,9-15,19H2,(H,20,21). The van der Waals surface area contributed by atoms with E-state index in [0.717, 1.165) is 18.4 Å². The molecule has 0 aromatic heterocycles. The average Bonchev–Trinajstić information content (AvgIpc) is 2.56. The number of hydrogen-bond donors (Lipinski definition) is 2. The second-order valence-electron chi connectivity index (χ2n) is 6.33. The van der Waals surface area contributed by atoms with E-state index in [2.05, 4.69) is 5.32 Å². The highest BCUT2D eigenvalue weighted by molar-refractivity contribution is 5.76. The van der Waals surface area contributed by atoms with Gasteiger partial charge >= 0.3 is 0 Å². The Balaban J connectivity index is 1.61. The van der Waals surface area contributed by atoms with E-state index in [1.807, 2.05) is 30.3 Å². The Labute approximate surface area is 133 Å². The first kappa shape index (κ1) is 17.0. The molecule has 1 amide bonds. The summed E-state index contributed by atoms with van der Waals surface area (Å²) in [5.74, 6) is 0.107. The zero-order chi connectivity index (χ0) is 15.7. The van der Waals surface area contributed by atoms with Crippen LogP contribution in [0.2, 0.25) is 0 Å². The van der Waals surface area contributed by atoms with E-state index in [-0.39, 0.29) is 11.3 Å². The quantitative estimate of drug-likeness (QED) is 0.726. The summed E-state index contributed by atoms with van der Waals surface area (Å²) in [6, 6.07) is 10.1. The van der Waals surface area contributed by atoms with Crippen LogP contribution in [0.15, 0.2) is 30.3 Å². The molecule has 4 nitrogen and oxygen atoms in total. The van der Waals surface area contributed by atoms with Crippen molar-refractivity contribution in [2.75, 3.05) is 19.7 Å². The minimum atomic E-state index is 0.0349. The fourth-order valence-electron chi connectivity index (χ4n) is 3.18. The molecule has 3 N–H and O–H groups in total. The molecule has 22 heavy (non-hydrogen) atoms. The summed E-state index contributed by atoms with van der Waals surface area (Å²) >= 11 is 0. The molecule has 4 heteroatoms. The van der Waals surface area contributed by atoms with Gasteiger partial charge in [0.15, 0.2) is 0 Å². The first-order valence-corrected chi connectivity index (χ1v) is 8.33. The van der Waals surface area contributed by atoms with E-state index in [1.54, 1.807) is 0 Å². The van der Waals surface area contributed by atoms with Gasteiger partial charge in [0.2, 0.25) is 5.91 Å². The molecule has 122 valence electrons. The van der Waals surface area contributed by atoms with Gasteiger partial charge in [-0.1, -0.05) is 49.6 Å². The van der Waals surface area contributed by atoms with Gasteiger partial charge in [0.25, 0.3) is 0 Å². The lowest BCUT2D eigenvalue weighted by Crippen LogP contribution is -2.39. The largest absolute Gasteiger partial charge is 0.375 e. The van der Waals surface area contributed by atoms with Crippen LogP contribution in [0.5, 0.6) is 0 Å². The minimum absolute atomic E-state index is 0.0349. The molecule has 1 aromatic carbocycles. The van der Waals surface area contributed by atoms with E-state index in [1.165, 1.54) is 19.3 Å². The minimum Gasteiger partial charge on any atom is -0.375 e. The van der Waals surface area contributed by atoms with Crippen molar-refractivity contribution in [1.29, 1.82) is 0 Å². The SMILES string of the molecule is NCC1(CC(=O)NCCOCc2ccccc2)CCCCC1. The molecule has 1 aromatic rings. The van der Waals surface area contributed by atoms with E-state index in [4.69, 9.17) is 10.5 Å². The van der Waals surface area contributed by atoms with Crippen molar-refractivity contribution in [3.63, 3.8) is 0 Å². The van der Waals surface area contributed by atoms with Crippen LogP contribution in [0.4, 0.5) is 0 Å². The molecule has 1 fully saturated rings. The molecule has 0 spiro atoms. The average molecular weight is 304 g/mol. The van der Waals surface area contributed by atoms with E-state index in [0.29, 0.717) is 32.7 Å². The highest BCUT2D eigenvalue weighted by Crippen LogP contribution is 2.38. The van der Waals surface area contributed by atoms with Gasteiger partial charge in [0.05, 0.1) is 13.2 Å². The van der Waals surface area contributed by atoms with Crippen molar-refractivity contribution in [2.45, 2.75) is 45.1 Å². The number of ether oxygens (including phenoxy) is 1. The van der Waals surface area contributed by atoms with Gasteiger partial charge in [-0.2, -0.15) is 0 Å². The maximum absolute atomic E-state index is 12.1. The molecule has 0 saturated heterocycles. The molecule has 0 atom stereocenters. The fourth-order valence-corrected chi connectivity index (χ4v) is 3.18. The Morgan fingerprint density at radius 2 is 1.91 bits per heavy atom. The van der Waals surface area contributed by atoms with Gasteiger partial charge in [-0.25, -0.2) is 0 Å². The molecule has 0 heterocycles. The van der Waals surface area contributed by atoms with Crippen molar-refractivity contribution in [3.8, 4) is 0 Å². The zero-order valence-corrected chi connectivity index (χ0v) is 13.4. The van der Waals surface area contributed by atoms with Crippen molar-refractivity contribution >= 4 is 5.91 Å². The third-order valence-electron chi connectivity index (χ3n) is 4.56. The van der Waals surface area contributed by atoms with Crippen LogP contribution < -0.4 is 11.1 Å². The number of carbonyl (C=O) groups excluding carboxylic acids is 1. The molecular weight excluding hydrogens is 276 g/mol. The second kappa shape index (κ2) is 8.91. The predicted molar refractivity (Wildman–Crippen MR) is 88.3 cm³/mol. The monoisotopic (exact) mass is 304 g/mol. The highest BCUT2D eigenvalue weighted by Gasteiger charge is 2.32. The molecular formula is C18H28N2O2. The van der Waals surface area contributed by atoms with Gasteiger partial charge in [-0.15, -0.1) is 0 Å². The maximum atomic E-state index is 12.1. The molecule has 0 radical (unpaired) electrons. The lowest BCUT2D eigenvalue weighted by molar-refractivity contribution is -0.124. The topological polar surface area (TPSA) is 64.4 Å². The predicted octanol–water partition coefficient (Wildman–Crippen LogP) is 2.62. The molecule has 0 aliphatic heterocycles. The lowest BCUT2D eigenvalue weighted by atomic mass is 9.72. The molecule has 1 aliphatic carbocycles. The third-order valence-corrected chi connectivity index (χ3v) is 4.56. The highest BCUT2D eigenvalue weighted by atomic mass is 16.5. The number of benzene rings is 1. The zero-order valence-electron chi connectivity index (χ0n) is 13.4. The second-order valence-corrected chi connectivity index (χ2v) is 6.33. The smallest absolute Gasteiger partial charge is 0.220 e. The summed E-state index contributed by atoms with van der Waals surface area (Å²) in [4.78, 5) is 12.1. The number of carbonyl (C=O) groups is 1. The Hall–Kier alpha value is -1.39. The summed E-state index contributed by atoms with van der Waals surface area (Å²) in [5, 5.41) is 2.96. The maximum Gasteiger partial charge on any atom is 0.220 e. The first-order chi connectivity index (χ1) is 10.7. The fraction of sp³-hybridized carbons (Fsp3) is 0.611. The number of amides is 1. The molecule has 0 unspecified atom stereocenters. The van der Waals surface area contributed by atoms with Gasteiger partial charge < -0.3 is 15.8 Å². The van der Waals surface area contributed by atoms with Crippen LogP contribution in [-0.2, 0) is 16.1 Å². The Morgan fingerprint density at radius 1 is 1.18 bits per heavy atom. The van der Waals surface area contributed by atoms with Crippen molar-refractivity contribution in [1.82, 2.24) is 5.32 Å². The summed E-state index contributed by atoms with van der Waals surface area (Å²) in [5.41, 5.74) is 7.11. The van der Waals surface area contributed by atoms with Gasteiger partial charge in [-0.3, -0.25) is 4.79 Å². The Kier molecular flexibility index (Phi) is 6.87. The number of nitrogens with one attached hydrogen (secondary N) is 1.